The molecule has 0 bridgehead atoms. The maximum Gasteiger partial charge on any atom is 0.129 e. The van der Waals surface area contributed by atoms with E-state index in [0.29, 0.717) is 6.10 Å². The molecule has 0 unspecified atom stereocenters. The lowest BCUT2D eigenvalue weighted by Gasteiger charge is -2.29. The van der Waals surface area contributed by atoms with Crippen LogP contribution in [0.15, 0.2) is 12.1 Å². The Hall–Kier alpha value is -1.26. The van der Waals surface area contributed by atoms with Crippen LogP contribution in [-0.4, -0.2) is 44.3 Å². The second-order valence-electron chi connectivity index (χ2n) is 5.76. The molecular formula is C16H24N2O2. The van der Waals surface area contributed by atoms with Crippen LogP contribution < -0.4 is 14.8 Å². The molecule has 0 atom stereocenters. The van der Waals surface area contributed by atoms with E-state index in [-0.39, 0.29) is 0 Å². The number of nitrogens with one attached hydrogen (secondary N) is 1. The van der Waals surface area contributed by atoms with Gasteiger partial charge < -0.3 is 14.8 Å². The van der Waals surface area contributed by atoms with Crippen LogP contribution in [0.3, 0.4) is 0 Å². The van der Waals surface area contributed by atoms with Gasteiger partial charge in [0.15, 0.2) is 0 Å². The lowest BCUT2D eigenvalue weighted by Crippen LogP contribution is -2.50. The molecule has 4 heteroatoms. The van der Waals surface area contributed by atoms with E-state index in [9.17, 15) is 0 Å². The second kappa shape index (κ2) is 6.02. The highest BCUT2D eigenvalue weighted by molar-refractivity contribution is 5.49. The zero-order valence-electron chi connectivity index (χ0n) is 12.4. The molecule has 2 heterocycles. The van der Waals surface area contributed by atoms with Gasteiger partial charge in [-0.25, -0.2) is 0 Å². The van der Waals surface area contributed by atoms with Crippen molar-refractivity contribution in [2.75, 3.05) is 33.3 Å². The van der Waals surface area contributed by atoms with Gasteiger partial charge in [-0.15, -0.1) is 0 Å². The van der Waals surface area contributed by atoms with Gasteiger partial charge in [-0.2, -0.15) is 0 Å². The Balaban J connectivity index is 1.77. The minimum absolute atomic E-state index is 0.308. The number of ether oxygens (including phenoxy) is 2. The van der Waals surface area contributed by atoms with Gasteiger partial charge in [0.1, 0.15) is 17.6 Å². The largest absolute Gasteiger partial charge is 0.496 e. The van der Waals surface area contributed by atoms with Crippen molar-refractivity contribution < 1.29 is 9.47 Å². The molecule has 2 saturated heterocycles. The third-order valence-electron chi connectivity index (χ3n) is 4.27. The van der Waals surface area contributed by atoms with Crippen molar-refractivity contribution in [1.82, 2.24) is 10.2 Å². The lowest BCUT2D eigenvalue weighted by molar-refractivity contribution is 0.140. The Morgan fingerprint density at radius 3 is 2.60 bits per heavy atom. The van der Waals surface area contributed by atoms with E-state index in [4.69, 9.17) is 9.47 Å². The monoisotopic (exact) mass is 276 g/mol. The number of benzene rings is 1. The predicted molar refractivity (Wildman–Crippen MR) is 79.5 cm³/mol. The van der Waals surface area contributed by atoms with Crippen LogP contribution in [0.5, 0.6) is 11.5 Å². The maximum absolute atomic E-state index is 5.99. The first-order chi connectivity index (χ1) is 9.78. The molecule has 0 saturated carbocycles. The second-order valence-corrected chi connectivity index (χ2v) is 5.76. The normalized spacial score (nSPS) is 19.9. The number of rotatable bonds is 5. The van der Waals surface area contributed by atoms with Crippen molar-refractivity contribution in [3.05, 3.63) is 23.3 Å². The smallest absolute Gasteiger partial charge is 0.129 e. The summed E-state index contributed by atoms with van der Waals surface area (Å²) in [5.41, 5.74) is 2.39. The molecule has 0 spiro atoms. The minimum Gasteiger partial charge on any atom is -0.496 e. The van der Waals surface area contributed by atoms with Gasteiger partial charge in [-0.1, -0.05) is 6.07 Å². The average molecular weight is 276 g/mol. The first-order valence-corrected chi connectivity index (χ1v) is 7.54. The summed E-state index contributed by atoms with van der Waals surface area (Å²) in [4.78, 5) is 2.49. The Labute approximate surface area is 121 Å². The fraction of sp³-hybridized carbons (Fsp3) is 0.625. The van der Waals surface area contributed by atoms with E-state index in [1.54, 1.807) is 7.11 Å². The molecule has 0 amide bonds. The zero-order chi connectivity index (χ0) is 13.9. The van der Waals surface area contributed by atoms with Gasteiger partial charge in [0, 0.05) is 30.8 Å². The highest BCUT2D eigenvalue weighted by atomic mass is 16.5. The van der Waals surface area contributed by atoms with Crippen LogP contribution >= 0.6 is 0 Å². The molecule has 110 valence electrons. The summed E-state index contributed by atoms with van der Waals surface area (Å²) in [6.07, 6.45) is 2.94. The molecule has 0 aromatic heterocycles. The molecule has 20 heavy (non-hydrogen) atoms. The van der Waals surface area contributed by atoms with E-state index >= 15 is 0 Å². The van der Waals surface area contributed by atoms with Crippen molar-refractivity contribution in [2.45, 2.75) is 32.4 Å². The molecule has 3 rings (SSSR count). The summed E-state index contributed by atoms with van der Waals surface area (Å²) in [6, 6.07) is 4.26. The molecule has 2 aliphatic rings. The quantitative estimate of drug-likeness (QED) is 0.891. The van der Waals surface area contributed by atoms with E-state index in [0.717, 1.165) is 36.7 Å². The van der Waals surface area contributed by atoms with Crippen molar-refractivity contribution >= 4 is 0 Å². The van der Waals surface area contributed by atoms with Crippen LogP contribution in [-0.2, 0) is 6.54 Å². The molecule has 0 aliphatic carbocycles. The fourth-order valence-corrected chi connectivity index (χ4v) is 2.97. The SMILES string of the molecule is COc1c(CN2CCCC2)ccc(OC2CNC2)c1C. The Morgan fingerprint density at radius 2 is 2.00 bits per heavy atom. The van der Waals surface area contributed by atoms with Gasteiger partial charge in [0.05, 0.1) is 7.11 Å². The molecule has 1 aromatic rings. The van der Waals surface area contributed by atoms with Gasteiger partial charge in [-0.05, 0) is 38.9 Å². The van der Waals surface area contributed by atoms with Gasteiger partial charge in [0.2, 0.25) is 0 Å². The highest BCUT2D eigenvalue weighted by Crippen LogP contribution is 2.33. The van der Waals surface area contributed by atoms with Crippen LogP contribution in [0, 0.1) is 6.92 Å². The van der Waals surface area contributed by atoms with Crippen LogP contribution in [0.1, 0.15) is 24.0 Å². The fourth-order valence-electron chi connectivity index (χ4n) is 2.97. The Bertz CT molecular complexity index is 466. The van der Waals surface area contributed by atoms with Gasteiger partial charge in [-0.3, -0.25) is 4.90 Å². The molecular weight excluding hydrogens is 252 g/mol. The predicted octanol–water partition coefficient (Wildman–Crippen LogP) is 1.95. The summed E-state index contributed by atoms with van der Waals surface area (Å²) < 4.78 is 11.6. The third kappa shape index (κ3) is 2.76. The van der Waals surface area contributed by atoms with E-state index in [1.165, 1.54) is 31.5 Å². The van der Waals surface area contributed by atoms with Crippen LogP contribution in [0.25, 0.3) is 0 Å². The lowest BCUT2D eigenvalue weighted by atomic mass is 10.1. The molecule has 2 fully saturated rings. The summed E-state index contributed by atoms with van der Waals surface area (Å²) in [5, 5.41) is 3.23. The first-order valence-electron chi connectivity index (χ1n) is 7.54. The number of hydrogen-bond donors (Lipinski definition) is 1. The first kappa shape index (κ1) is 13.7. The van der Waals surface area contributed by atoms with Crippen LogP contribution in [0.2, 0.25) is 0 Å². The summed E-state index contributed by atoms with van der Waals surface area (Å²) in [7, 11) is 1.75. The zero-order valence-corrected chi connectivity index (χ0v) is 12.4. The van der Waals surface area contributed by atoms with E-state index < -0.39 is 0 Å². The minimum atomic E-state index is 0.308. The number of nitrogens with zero attached hydrogens (tertiary/aromatic N) is 1. The number of likely N-dealkylation sites (tertiary alicyclic amines) is 1. The molecule has 2 aliphatic heterocycles. The maximum atomic E-state index is 5.99. The van der Waals surface area contributed by atoms with Crippen molar-refractivity contribution in [2.24, 2.45) is 0 Å². The topological polar surface area (TPSA) is 33.7 Å². The van der Waals surface area contributed by atoms with Crippen LogP contribution in [0.4, 0.5) is 0 Å². The Morgan fingerprint density at radius 1 is 1.25 bits per heavy atom. The van der Waals surface area contributed by atoms with Crippen molar-refractivity contribution in [3.63, 3.8) is 0 Å². The third-order valence-corrected chi connectivity index (χ3v) is 4.27. The molecule has 1 aromatic carbocycles. The number of methoxy groups -OCH3 is 1. The van der Waals surface area contributed by atoms with Gasteiger partial charge >= 0.3 is 0 Å². The molecule has 1 N–H and O–H groups in total. The molecule has 4 nitrogen and oxygen atoms in total. The summed E-state index contributed by atoms with van der Waals surface area (Å²) in [6.45, 7) is 7.36. The molecule has 0 radical (unpaired) electrons. The number of hydrogen-bond acceptors (Lipinski definition) is 4. The van der Waals surface area contributed by atoms with Crippen molar-refractivity contribution in [3.8, 4) is 11.5 Å². The van der Waals surface area contributed by atoms with E-state index in [2.05, 4.69) is 29.3 Å². The van der Waals surface area contributed by atoms with E-state index in [1.807, 2.05) is 0 Å². The summed E-state index contributed by atoms with van der Waals surface area (Å²) in [5.74, 6) is 1.94. The standard InChI is InChI=1S/C16H24N2O2/c1-12-15(20-14-9-17-10-14)6-5-13(16(12)19-2)11-18-7-3-4-8-18/h5-6,14,17H,3-4,7-11H2,1-2H3. The van der Waals surface area contributed by atoms with Crippen molar-refractivity contribution in [1.29, 1.82) is 0 Å². The summed E-state index contributed by atoms with van der Waals surface area (Å²) >= 11 is 0. The highest BCUT2D eigenvalue weighted by Gasteiger charge is 2.21. The van der Waals surface area contributed by atoms with Gasteiger partial charge in [0.25, 0.3) is 0 Å². The average Bonchev–Trinajstić information content (AvgIpc) is 2.89. The Kier molecular flexibility index (Phi) is 4.13.